The summed E-state index contributed by atoms with van der Waals surface area (Å²) in [5, 5.41) is 8.82. The van der Waals surface area contributed by atoms with Gasteiger partial charge >= 0.3 is 0 Å². The fraction of sp³-hybridized carbons (Fsp3) is 0.400. The van der Waals surface area contributed by atoms with E-state index in [-0.39, 0.29) is 6.04 Å². The lowest BCUT2D eigenvalue weighted by atomic mass is 10.1. The van der Waals surface area contributed by atoms with Gasteiger partial charge in [0, 0.05) is 12.7 Å². The standard InChI is InChI=1S/C15H19N5S/c1-5-11(12-8-6-7-9(2)16-12)17-15-18-14-13(21-15)10(3)19-20(14)4/h6-8,11H,5H2,1-4H3,(H,17,18)/t11-/m1/s1. The Hall–Kier alpha value is -1.95. The fourth-order valence-corrected chi connectivity index (χ4v) is 3.42. The van der Waals surface area contributed by atoms with Crippen molar-refractivity contribution in [2.24, 2.45) is 7.05 Å². The molecule has 0 bridgehead atoms. The van der Waals surface area contributed by atoms with E-state index in [1.807, 2.05) is 31.6 Å². The van der Waals surface area contributed by atoms with Crippen LogP contribution in [-0.4, -0.2) is 19.7 Å². The van der Waals surface area contributed by atoms with Gasteiger partial charge in [-0.15, -0.1) is 0 Å². The first-order chi connectivity index (χ1) is 10.1. The van der Waals surface area contributed by atoms with E-state index in [0.29, 0.717) is 0 Å². The van der Waals surface area contributed by atoms with Crippen molar-refractivity contribution in [3.63, 3.8) is 0 Å². The molecule has 0 fully saturated rings. The molecule has 0 aliphatic carbocycles. The molecule has 3 aromatic heterocycles. The number of aryl methyl sites for hydroxylation is 3. The summed E-state index contributed by atoms with van der Waals surface area (Å²) in [7, 11) is 1.93. The molecule has 0 aliphatic rings. The first-order valence-electron chi connectivity index (χ1n) is 7.08. The van der Waals surface area contributed by atoms with Crippen LogP contribution in [0, 0.1) is 13.8 Å². The van der Waals surface area contributed by atoms with Gasteiger partial charge in [-0.3, -0.25) is 4.98 Å². The zero-order valence-corrected chi connectivity index (χ0v) is 13.5. The van der Waals surface area contributed by atoms with E-state index in [0.717, 1.165) is 39.0 Å². The van der Waals surface area contributed by atoms with Crippen LogP contribution in [0.2, 0.25) is 0 Å². The Bertz CT molecular complexity index is 739. The summed E-state index contributed by atoms with van der Waals surface area (Å²) in [4.78, 5) is 9.26. The summed E-state index contributed by atoms with van der Waals surface area (Å²) in [5.74, 6) is 0. The summed E-state index contributed by atoms with van der Waals surface area (Å²) in [5.41, 5.74) is 4.07. The number of anilines is 1. The lowest BCUT2D eigenvalue weighted by Crippen LogP contribution is -2.11. The quantitative estimate of drug-likeness (QED) is 0.800. The fourth-order valence-electron chi connectivity index (χ4n) is 2.44. The van der Waals surface area contributed by atoms with Gasteiger partial charge in [-0.05, 0) is 32.4 Å². The number of thiazole rings is 1. The van der Waals surface area contributed by atoms with Gasteiger partial charge in [-0.25, -0.2) is 9.67 Å². The Balaban J connectivity index is 1.90. The van der Waals surface area contributed by atoms with Crippen LogP contribution in [0.25, 0.3) is 10.3 Å². The Morgan fingerprint density at radius 1 is 1.29 bits per heavy atom. The predicted octanol–water partition coefficient (Wildman–Crippen LogP) is 3.60. The van der Waals surface area contributed by atoms with Crippen LogP contribution >= 0.6 is 11.3 Å². The van der Waals surface area contributed by atoms with Crippen LogP contribution in [0.15, 0.2) is 18.2 Å². The third kappa shape index (κ3) is 2.63. The van der Waals surface area contributed by atoms with E-state index in [2.05, 4.69) is 39.4 Å². The largest absolute Gasteiger partial charge is 0.353 e. The zero-order valence-electron chi connectivity index (χ0n) is 12.7. The average Bonchev–Trinajstić information content (AvgIpc) is 2.98. The van der Waals surface area contributed by atoms with Gasteiger partial charge in [0.1, 0.15) is 0 Å². The number of nitrogens with zero attached hydrogens (tertiary/aromatic N) is 4. The van der Waals surface area contributed by atoms with Gasteiger partial charge in [0.05, 0.1) is 22.1 Å². The SMILES string of the molecule is CC[C@@H](Nc1nc2c(s1)c(C)nn2C)c1cccc(C)n1. The van der Waals surface area contributed by atoms with E-state index in [1.54, 1.807) is 11.3 Å². The monoisotopic (exact) mass is 301 g/mol. The molecule has 0 saturated carbocycles. The molecule has 3 aromatic rings. The summed E-state index contributed by atoms with van der Waals surface area (Å²) in [6, 6.07) is 6.31. The molecule has 0 amide bonds. The second kappa shape index (κ2) is 5.44. The summed E-state index contributed by atoms with van der Waals surface area (Å²) in [6.07, 6.45) is 0.962. The van der Waals surface area contributed by atoms with E-state index >= 15 is 0 Å². The molecule has 0 saturated heterocycles. The van der Waals surface area contributed by atoms with Gasteiger partial charge < -0.3 is 5.32 Å². The number of rotatable bonds is 4. The maximum Gasteiger partial charge on any atom is 0.185 e. The van der Waals surface area contributed by atoms with Crippen molar-refractivity contribution in [1.29, 1.82) is 0 Å². The average molecular weight is 301 g/mol. The van der Waals surface area contributed by atoms with E-state index in [1.165, 1.54) is 0 Å². The highest BCUT2D eigenvalue weighted by atomic mass is 32.1. The maximum absolute atomic E-state index is 4.65. The normalized spacial score (nSPS) is 12.8. The van der Waals surface area contributed by atoms with Crippen LogP contribution in [0.4, 0.5) is 5.13 Å². The van der Waals surface area contributed by atoms with Gasteiger partial charge in [0.2, 0.25) is 0 Å². The Labute approximate surface area is 128 Å². The van der Waals surface area contributed by atoms with E-state index in [4.69, 9.17) is 0 Å². The van der Waals surface area contributed by atoms with Crippen LogP contribution in [-0.2, 0) is 7.05 Å². The Morgan fingerprint density at radius 3 is 2.76 bits per heavy atom. The third-order valence-corrected chi connectivity index (χ3v) is 4.60. The summed E-state index contributed by atoms with van der Waals surface area (Å²) >= 11 is 1.65. The van der Waals surface area contributed by atoms with Crippen molar-refractivity contribution in [2.45, 2.75) is 33.2 Å². The minimum absolute atomic E-state index is 0.179. The molecular formula is C15H19N5S. The minimum Gasteiger partial charge on any atom is -0.353 e. The molecule has 1 atom stereocenters. The molecule has 3 heterocycles. The Kier molecular flexibility index (Phi) is 3.63. The van der Waals surface area contributed by atoms with Gasteiger partial charge in [0.25, 0.3) is 0 Å². The number of aromatic nitrogens is 4. The van der Waals surface area contributed by atoms with Crippen molar-refractivity contribution < 1.29 is 0 Å². The molecule has 6 heteroatoms. The van der Waals surface area contributed by atoms with Gasteiger partial charge in [-0.2, -0.15) is 5.10 Å². The number of nitrogens with one attached hydrogen (secondary N) is 1. The lowest BCUT2D eigenvalue weighted by Gasteiger charge is -2.16. The van der Waals surface area contributed by atoms with Crippen molar-refractivity contribution in [1.82, 2.24) is 19.7 Å². The smallest absolute Gasteiger partial charge is 0.185 e. The maximum atomic E-state index is 4.65. The van der Waals surface area contributed by atoms with Crippen LogP contribution in [0.5, 0.6) is 0 Å². The van der Waals surface area contributed by atoms with Crippen LogP contribution in [0.3, 0.4) is 0 Å². The number of pyridine rings is 1. The molecule has 21 heavy (non-hydrogen) atoms. The molecule has 0 aliphatic heterocycles. The first kappa shape index (κ1) is 14.0. The lowest BCUT2D eigenvalue weighted by molar-refractivity contribution is 0.718. The molecule has 0 unspecified atom stereocenters. The third-order valence-electron chi connectivity index (χ3n) is 3.52. The second-order valence-corrected chi connectivity index (χ2v) is 6.19. The second-order valence-electron chi connectivity index (χ2n) is 5.19. The van der Waals surface area contributed by atoms with Crippen molar-refractivity contribution >= 4 is 26.8 Å². The van der Waals surface area contributed by atoms with Crippen LogP contribution in [0.1, 0.15) is 36.5 Å². The zero-order chi connectivity index (χ0) is 15.0. The molecule has 3 rings (SSSR count). The highest BCUT2D eigenvalue weighted by molar-refractivity contribution is 7.22. The van der Waals surface area contributed by atoms with E-state index < -0.39 is 0 Å². The molecule has 0 aromatic carbocycles. The molecule has 0 radical (unpaired) electrons. The predicted molar refractivity (Wildman–Crippen MR) is 86.8 cm³/mol. The minimum atomic E-state index is 0.179. The summed E-state index contributed by atoms with van der Waals surface area (Å²) < 4.78 is 2.98. The van der Waals surface area contributed by atoms with Gasteiger partial charge in [-0.1, -0.05) is 24.3 Å². The molecule has 1 N–H and O–H groups in total. The molecular weight excluding hydrogens is 282 g/mol. The van der Waals surface area contributed by atoms with Crippen molar-refractivity contribution in [2.75, 3.05) is 5.32 Å². The first-order valence-corrected chi connectivity index (χ1v) is 7.90. The number of hydrogen-bond donors (Lipinski definition) is 1. The summed E-state index contributed by atoms with van der Waals surface area (Å²) in [6.45, 7) is 6.19. The molecule has 0 spiro atoms. The van der Waals surface area contributed by atoms with E-state index in [9.17, 15) is 0 Å². The van der Waals surface area contributed by atoms with Crippen LogP contribution < -0.4 is 5.32 Å². The topological polar surface area (TPSA) is 55.6 Å². The highest BCUT2D eigenvalue weighted by Crippen LogP contribution is 2.31. The Morgan fingerprint density at radius 2 is 2.10 bits per heavy atom. The van der Waals surface area contributed by atoms with Crippen molar-refractivity contribution in [3.05, 3.63) is 35.3 Å². The van der Waals surface area contributed by atoms with Gasteiger partial charge in [0.15, 0.2) is 10.8 Å². The number of fused-ring (bicyclic) bond motifs is 1. The van der Waals surface area contributed by atoms with Crippen molar-refractivity contribution in [3.8, 4) is 0 Å². The number of hydrogen-bond acceptors (Lipinski definition) is 5. The molecule has 5 nitrogen and oxygen atoms in total. The molecule has 110 valence electrons. The highest BCUT2D eigenvalue weighted by Gasteiger charge is 2.16.